The molecular weight excluding hydrogens is 266 g/mol. The van der Waals surface area contributed by atoms with Crippen molar-refractivity contribution in [3.63, 3.8) is 0 Å². The maximum Gasteiger partial charge on any atom is 0.226 e. The highest BCUT2D eigenvalue weighted by Crippen LogP contribution is 2.20. The Bertz CT molecular complexity index is 588. The van der Waals surface area contributed by atoms with Crippen LogP contribution in [0.1, 0.15) is 11.3 Å². The van der Waals surface area contributed by atoms with Crippen LogP contribution in [0.3, 0.4) is 0 Å². The predicted octanol–water partition coefficient (Wildman–Crippen LogP) is 1.87. The highest BCUT2D eigenvalue weighted by Gasteiger charge is 2.10. The fourth-order valence-electron chi connectivity index (χ4n) is 1.89. The highest BCUT2D eigenvalue weighted by atomic mass is 16.5. The van der Waals surface area contributed by atoms with Gasteiger partial charge in [-0.3, -0.25) is 4.79 Å². The standard InChI is InChI=1S/C16H21N3O2/c1-12-4-6-13(7-5-12)15-10-14(18-21-15)11-16(20)17-8-9-19(2)3/h4-7,10H,8-9,11H2,1-3H3,(H,17,20). The zero-order chi connectivity index (χ0) is 15.2. The van der Waals surface area contributed by atoms with Crippen molar-refractivity contribution in [3.8, 4) is 11.3 Å². The SMILES string of the molecule is Cc1ccc(-c2cc(CC(=O)NCCN(C)C)no2)cc1. The van der Waals surface area contributed by atoms with Crippen LogP contribution in [0, 0.1) is 6.92 Å². The second-order valence-corrected chi connectivity index (χ2v) is 5.38. The van der Waals surface area contributed by atoms with E-state index in [1.165, 1.54) is 5.56 Å². The summed E-state index contributed by atoms with van der Waals surface area (Å²) in [6, 6.07) is 9.82. The molecule has 0 bridgehead atoms. The molecule has 21 heavy (non-hydrogen) atoms. The predicted molar refractivity (Wildman–Crippen MR) is 81.9 cm³/mol. The van der Waals surface area contributed by atoms with Crippen LogP contribution in [0.15, 0.2) is 34.9 Å². The summed E-state index contributed by atoms with van der Waals surface area (Å²) in [4.78, 5) is 13.8. The summed E-state index contributed by atoms with van der Waals surface area (Å²) in [5, 5.41) is 6.81. The van der Waals surface area contributed by atoms with Crippen molar-refractivity contribution < 1.29 is 9.32 Å². The van der Waals surface area contributed by atoms with Gasteiger partial charge in [-0.05, 0) is 21.0 Å². The summed E-state index contributed by atoms with van der Waals surface area (Å²) >= 11 is 0. The van der Waals surface area contributed by atoms with Crippen LogP contribution in [0.25, 0.3) is 11.3 Å². The van der Waals surface area contributed by atoms with Crippen molar-refractivity contribution in [2.24, 2.45) is 0 Å². The summed E-state index contributed by atoms with van der Waals surface area (Å²) in [5.41, 5.74) is 2.80. The Labute approximate surface area is 124 Å². The molecule has 0 saturated heterocycles. The average Bonchev–Trinajstić information content (AvgIpc) is 2.87. The molecule has 1 heterocycles. The largest absolute Gasteiger partial charge is 0.356 e. The molecule has 0 atom stereocenters. The molecule has 5 heteroatoms. The molecule has 112 valence electrons. The maximum atomic E-state index is 11.8. The lowest BCUT2D eigenvalue weighted by Crippen LogP contribution is -2.32. The molecule has 0 aliphatic rings. The van der Waals surface area contributed by atoms with Gasteiger partial charge in [-0.2, -0.15) is 0 Å². The molecule has 0 spiro atoms. The highest BCUT2D eigenvalue weighted by molar-refractivity contribution is 5.78. The Morgan fingerprint density at radius 2 is 2.00 bits per heavy atom. The normalized spacial score (nSPS) is 10.9. The van der Waals surface area contributed by atoms with Crippen molar-refractivity contribution in [1.82, 2.24) is 15.4 Å². The van der Waals surface area contributed by atoms with E-state index in [0.717, 1.165) is 12.1 Å². The van der Waals surface area contributed by atoms with Gasteiger partial charge in [-0.25, -0.2) is 0 Å². The third kappa shape index (κ3) is 4.72. The van der Waals surface area contributed by atoms with Crippen molar-refractivity contribution in [1.29, 1.82) is 0 Å². The Balaban J connectivity index is 1.91. The minimum atomic E-state index is -0.0411. The average molecular weight is 287 g/mol. The molecule has 5 nitrogen and oxygen atoms in total. The summed E-state index contributed by atoms with van der Waals surface area (Å²) in [7, 11) is 3.94. The van der Waals surface area contributed by atoms with E-state index in [0.29, 0.717) is 18.0 Å². The number of hydrogen-bond donors (Lipinski definition) is 1. The fraction of sp³-hybridized carbons (Fsp3) is 0.375. The molecule has 1 aromatic heterocycles. The third-order valence-electron chi connectivity index (χ3n) is 3.12. The van der Waals surface area contributed by atoms with E-state index < -0.39 is 0 Å². The lowest BCUT2D eigenvalue weighted by molar-refractivity contribution is -0.120. The van der Waals surface area contributed by atoms with Gasteiger partial charge in [0.2, 0.25) is 5.91 Å². The molecule has 0 unspecified atom stereocenters. The van der Waals surface area contributed by atoms with E-state index in [9.17, 15) is 4.79 Å². The van der Waals surface area contributed by atoms with Gasteiger partial charge in [0, 0.05) is 24.7 Å². The number of amides is 1. The van der Waals surface area contributed by atoms with Crippen molar-refractivity contribution in [3.05, 3.63) is 41.6 Å². The number of aryl methyl sites for hydroxylation is 1. The number of benzene rings is 1. The molecule has 0 saturated carbocycles. The molecule has 2 aromatic rings. The molecule has 0 fully saturated rings. The van der Waals surface area contributed by atoms with Gasteiger partial charge < -0.3 is 14.7 Å². The Morgan fingerprint density at radius 3 is 2.67 bits per heavy atom. The van der Waals surface area contributed by atoms with Crippen LogP contribution < -0.4 is 5.32 Å². The molecular formula is C16H21N3O2. The molecule has 1 aromatic carbocycles. The van der Waals surface area contributed by atoms with Crippen molar-refractivity contribution in [2.75, 3.05) is 27.2 Å². The minimum absolute atomic E-state index is 0.0411. The van der Waals surface area contributed by atoms with Crippen LogP contribution >= 0.6 is 0 Å². The van der Waals surface area contributed by atoms with Crippen LogP contribution in [0.4, 0.5) is 0 Å². The van der Waals surface area contributed by atoms with E-state index in [4.69, 9.17) is 4.52 Å². The number of rotatable bonds is 6. The first kappa shape index (κ1) is 15.3. The Hall–Kier alpha value is -2.14. The number of nitrogens with zero attached hydrogens (tertiary/aromatic N) is 2. The molecule has 0 radical (unpaired) electrons. The Kier molecular flexibility index (Phi) is 5.11. The number of likely N-dealkylation sites (N-methyl/N-ethyl adjacent to an activating group) is 1. The fourth-order valence-corrected chi connectivity index (χ4v) is 1.89. The topological polar surface area (TPSA) is 58.4 Å². The van der Waals surface area contributed by atoms with E-state index in [-0.39, 0.29) is 12.3 Å². The summed E-state index contributed by atoms with van der Waals surface area (Å²) < 4.78 is 5.30. The van der Waals surface area contributed by atoms with E-state index in [1.807, 2.05) is 56.3 Å². The van der Waals surface area contributed by atoms with E-state index in [2.05, 4.69) is 10.5 Å². The van der Waals surface area contributed by atoms with Gasteiger partial charge >= 0.3 is 0 Å². The van der Waals surface area contributed by atoms with Crippen LogP contribution in [0.2, 0.25) is 0 Å². The Morgan fingerprint density at radius 1 is 1.29 bits per heavy atom. The lowest BCUT2D eigenvalue weighted by atomic mass is 10.1. The number of carbonyl (C=O) groups excluding carboxylic acids is 1. The van der Waals surface area contributed by atoms with Crippen molar-refractivity contribution in [2.45, 2.75) is 13.3 Å². The monoisotopic (exact) mass is 287 g/mol. The summed E-state index contributed by atoms with van der Waals surface area (Å²) in [6.45, 7) is 3.49. The smallest absolute Gasteiger partial charge is 0.226 e. The first-order valence-electron chi connectivity index (χ1n) is 6.98. The maximum absolute atomic E-state index is 11.8. The first-order chi connectivity index (χ1) is 10.0. The van der Waals surface area contributed by atoms with Gasteiger partial charge in [-0.15, -0.1) is 0 Å². The van der Waals surface area contributed by atoms with Gasteiger partial charge in [0.05, 0.1) is 12.1 Å². The third-order valence-corrected chi connectivity index (χ3v) is 3.12. The number of nitrogens with one attached hydrogen (secondary N) is 1. The molecule has 1 amide bonds. The van der Waals surface area contributed by atoms with Gasteiger partial charge in [0.25, 0.3) is 0 Å². The van der Waals surface area contributed by atoms with Crippen LogP contribution in [-0.4, -0.2) is 43.1 Å². The van der Waals surface area contributed by atoms with Gasteiger partial charge in [0.15, 0.2) is 5.76 Å². The van der Waals surface area contributed by atoms with Crippen LogP contribution in [0.5, 0.6) is 0 Å². The molecule has 2 rings (SSSR count). The quantitative estimate of drug-likeness (QED) is 0.881. The van der Waals surface area contributed by atoms with Gasteiger partial charge in [-0.1, -0.05) is 35.0 Å². The number of carbonyl (C=O) groups is 1. The lowest BCUT2D eigenvalue weighted by Gasteiger charge is -2.09. The second kappa shape index (κ2) is 7.04. The molecule has 0 aliphatic heterocycles. The zero-order valence-corrected chi connectivity index (χ0v) is 12.7. The van der Waals surface area contributed by atoms with Crippen LogP contribution in [-0.2, 0) is 11.2 Å². The van der Waals surface area contributed by atoms with E-state index >= 15 is 0 Å². The molecule has 1 N–H and O–H groups in total. The number of hydrogen-bond acceptors (Lipinski definition) is 4. The van der Waals surface area contributed by atoms with Crippen molar-refractivity contribution >= 4 is 5.91 Å². The van der Waals surface area contributed by atoms with Gasteiger partial charge in [0.1, 0.15) is 0 Å². The zero-order valence-electron chi connectivity index (χ0n) is 12.7. The minimum Gasteiger partial charge on any atom is -0.356 e. The number of aromatic nitrogens is 1. The first-order valence-corrected chi connectivity index (χ1v) is 6.98. The summed E-state index contributed by atoms with van der Waals surface area (Å²) in [6.07, 6.45) is 0.239. The summed E-state index contributed by atoms with van der Waals surface area (Å²) in [5.74, 6) is 0.645. The van der Waals surface area contributed by atoms with E-state index in [1.54, 1.807) is 0 Å². The second-order valence-electron chi connectivity index (χ2n) is 5.38. The molecule has 0 aliphatic carbocycles.